The molecule has 1 fully saturated rings. The van der Waals surface area contributed by atoms with Gasteiger partial charge < -0.3 is 16.0 Å². The molecule has 2 rings (SSSR count). The first kappa shape index (κ1) is 12.9. The topological polar surface area (TPSA) is 58.4 Å². The Morgan fingerprint density at radius 1 is 1.44 bits per heavy atom. The number of benzene rings is 1. The molecule has 0 spiro atoms. The van der Waals surface area contributed by atoms with E-state index in [0.717, 1.165) is 18.5 Å². The van der Waals surface area contributed by atoms with Crippen LogP contribution in [0.1, 0.15) is 19.8 Å². The maximum absolute atomic E-state index is 11.7. The molecule has 1 atom stereocenters. The summed E-state index contributed by atoms with van der Waals surface area (Å²) in [6, 6.07) is 10.4. The summed E-state index contributed by atoms with van der Waals surface area (Å²) >= 11 is 0. The molecule has 1 aliphatic rings. The summed E-state index contributed by atoms with van der Waals surface area (Å²) in [4.78, 5) is 13.9. The van der Waals surface area contributed by atoms with Crippen LogP contribution in [0.2, 0.25) is 0 Å². The van der Waals surface area contributed by atoms with Crippen molar-refractivity contribution in [3.8, 4) is 0 Å². The van der Waals surface area contributed by atoms with Gasteiger partial charge in [0.15, 0.2) is 0 Å². The molecule has 0 radical (unpaired) electrons. The highest BCUT2D eigenvalue weighted by Crippen LogP contribution is 2.32. The lowest BCUT2D eigenvalue weighted by molar-refractivity contribution is -0.123. The fraction of sp³-hybridized carbons (Fsp3) is 0.500. The molecule has 0 aromatic heterocycles. The molecule has 18 heavy (non-hydrogen) atoms. The number of hydrogen-bond acceptors (Lipinski definition) is 3. The Morgan fingerprint density at radius 3 is 2.61 bits per heavy atom. The van der Waals surface area contributed by atoms with Gasteiger partial charge in [-0.15, -0.1) is 0 Å². The van der Waals surface area contributed by atoms with Crippen molar-refractivity contribution < 1.29 is 4.79 Å². The Hall–Kier alpha value is -1.55. The number of hydrogen-bond donors (Lipinski definition) is 2. The van der Waals surface area contributed by atoms with E-state index in [4.69, 9.17) is 5.73 Å². The van der Waals surface area contributed by atoms with E-state index in [0.29, 0.717) is 6.54 Å². The third kappa shape index (κ3) is 2.82. The van der Waals surface area contributed by atoms with Crippen LogP contribution in [0.15, 0.2) is 30.3 Å². The predicted octanol–water partition coefficient (Wildman–Crippen LogP) is 1.12. The van der Waals surface area contributed by atoms with Gasteiger partial charge in [-0.25, -0.2) is 0 Å². The van der Waals surface area contributed by atoms with Gasteiger partial charge in [0.25, 0.3) is 0 Å². The van der Waals surface area contributed by atoms with Crippen LogP contribution >= 0.6 is 0 Å². The number of para-hydroxylation sites is 1. The third-order valence-corrected chi connectivity index (χ3v) is 3.62. The number of amides is 1. The predicted molar refractivity (Wildman–Crippen MR) is 73.5 cm³/mol. The average Bonchev–Trinajstić information content (AvgIpc) is 3.15. The Labute approximate surface area is 108 Å². The molecule has 1 unspecified atom stereocenters. The molecule has 0 heterocycles. The minimum absolute atomic E-state index is 0.0178. The van der Waals surface area contributed by atoms with Gasteiger partial charge in [0.05, 0.1) is 5.54 Å². The first-order chi connectivity index (χ1) is 8.53. The molecule has 1 aromatic rings. The number of nitrogens with two attached hydrogens (primary N) is 1. The number of likely N-dealkylation sites (N-methyl/N-ethyl adjacent to an activating group) is 1. The van der Waals surface area contributed by atoms with Crippen molar-refractivity contribution in [2.24, 2.45) is 5.73 Å². The maximum atomic E-state index is 11.7. The quantitative estimate of drug-likeness (QED) is 0.819. The molecular formula is C14H21N3O. The zero-order valence-electron chi connectivity index (χ0n) is 11.0. The van der Waals surface area contributed by atoms with Crippen LogP contribution in [0, 0.1) is 0 Å². The summed E-state index contributed by atoms with van der Waals surface area (Å²) in [6.07, 6.45) is 1.61. The molecule has 1 aliphatic carbocycles. The number of rotatable bonds is 5. The van der Waals surface area contributed by atoms with Gasteiger partial charge in [0, 0.05) is 25.3 Å². The van der Waals surface area contributed by atoms with Gasteiger partial charge in [0.2, 0.25) is 5.91 Å². The minimum atomic E-state index is -0.578. The van der Waals surface area contributed by atoms with Crippen LogP contribution in [0.25, 0.3) is 0 Å². The van der Waals surface area contributed by atoms with E-state index < -0.39 is 5.54 Å². The molecule has 1 amide bonds. The van der Waals surface area contributed by atoms with Crippen molar-refractivity contribution in [1.82, 2.24) is 5.32 Å². The number of anilines is 1. The second-order valence-electron chi connectivity index (χ2n) is 5.16. The summed E-state index contributed by atoms with van der Waals surface area (Å²) in [5, 5.41) is 2.93. The van der Waals surface area contributed by atoms with E-state index in [1.807, 2.05) is 25.2 Å². The fourth-order valence-corrected chi connectivity index (χ4v) is 1.83. The zero-order valence-corrected chi connectivity index (χ0v) is 11.0. The maximum Gasteiger partial charge on any atom is 0.240 e. The first-order valence-electron chi connectivity index (χ1n) is 6.38. The molecule has 0 aliphatic heterocycles. The second kappa shape index (κ2) is 4.98. The van der Waals surface area contributed by atoms with Gasteiger partial charge in [0.1, 0.15) is 0 Å². The Morgan fingerprint density at radius 2 is 2.06 bits per heavy atom. The lowest BCUT2D eigenvalue weighted by Crippen LogP contribution is -2.47. The van der Waals surface area contributed by atoms with Crippen molar-refractivity contribution in [2.75, 3.05) is 18.5 Å². The van der Waals surface area contributed by atoms with Crippen molar-refractivity contribution in [3.63, 3.8) is 0 Å². The monoisotopic (exact) mass is 247 g/mol. The molecule has 4 nitrogen and oxygen atoms in total. The van der Waals surface area contributed by atoms with Crippen LogP contribution in [-0.4, -0.2) is 31.1 Å². The van der Waals surface area contributed by atoms with E-state index in [1.54, 1.807) is 0 Å². The minimum Gasteiger partial charge on any atom is -0.370 e. The Kier molecular flexibility index (Phi) is 3.57. The first-order valence-corrected chi connectivity index (χ1v) is 6.38. The Bertz CT molecular complexity index is 414. The lowest BCUT2D eigenvalue weighted by atomic mass is 10.2. The summed E-state index contributed by atoms with van der Waals surface area (Å²) in [7, 11) is 2.03. The molecule has 4 heteroatoms. The average molecular weight is 247 g/mol. The largest absolute Gasteiger partial charge is 0.370 e. The van der Waals surface area contributed by atoms with Gasteiger partial charge >= 0.3 is 0 Å². The molecular weight excluding hydrogens is 226 g/mol. The number of carbonyl (C=O) groups excluding carboxylic acids is 1. The molecule has 0 saturated heterocycles. The number of nitrogens with zero attached hydrogens (tertiary/aromatic N) is 1. The standard InChI is InChI=1S/C14H21N3O/c1-11(10-16-13(18)14(15)8-9-14)17(2)12-6-4-3-5-7-12/h3-7,11H,8-10,15H2,1-2H3,(H,16,18). The van der Waals surface area contributed by atoms with Gasteiger partial charge in [-0.1, -0.05) is 18.2 Å². The summed E-state index contributed by atoms with van der Waals surface area (Å²) in [5.74, 6) is -0.0178. The number of carbonyl (C=O) groups is 1. The lowest BCUT2D eigenvalue weighted by Gasteiger charge is -2.27. The molecule has 1 saturated carbocycles. The van der Waals surface area contributed by atoms with Crippen molar-refractivity contribution in [2.45, 2.75) is 31.3 Å². The summed E-state index contributed by atoms with van der Waals surface area (Å²) in [6.45, 7) is 2.70. The Balaban J connectivity index is 1.84. The van der Waals surface area contributed by atoms with E-state index in [-0.39, 0.29) is 11.9 Å². The van der Waals surface area contributed by atoms with Crippen molar-refractivity contribution in [1.29, 1.82) is 0 Å². The highest BCUT2D eigenvalue weighted by molar-refractivity contribution is 5.89. The van der Waals surface area contributed by atoms with Crippen LogP contribution in [-0.2, 0) is 4.79 Å². The van der Waals surface area contributed by atoms with Crippen molar-refractivity contribution >= 4 is 11.6 Å². The molecule has 98 valence electrons. The van der Waals surface area contributed by atoms with E-state index >= 15 is 0 Å². The normalized spacial score (nSPS) is 17.9. The van der Waals surface area contributed by atoms with Crippen molar-refractivity contribution in [3.05, 3.63) is 30.3 Å². The van der Waals surface area contributed by atoms with Crippen LogP contribution in [0.3, 0.4) is 0 Å². The SMILES string of the molecule is CC(CNC(=O)C1(N)CC1)N(C)c1ccccc1. The van der Waals surface area contributed by atoms with E-state index in [1.165, 1.54) is 0 Å². The van der Waals surface area contributed by atoms with Gasteiger partial charge in [-0.3, -0.25) is 4.79 Å². The molecule has 3 N–H and O–H groups in total. The van der Waals surface area contributed by atoms with E-state index in [9.17, 15) is 4.79 Å². The molecule has 1 aromatic carbocycles. The van der Waals surface area contributed by atoms with Gasteiger partial charge in [-0.2, -0.15) is 0 Å². The highest BCUT2D eigenvalue weighted by Gasteiger charge is 2.45. The molecule has 0 bridgehead atoms. The van der Waals surface area contributed by atoms with Crippen LogP contribution in [0.4, 0.5) is 5.69 Å². The van der Waals surface area contributed by atoms with Gasteiger partial charge in [-0.05, 0) is 31.9 Å². The zero-order chi connectivity index (χ0) is 13.2. The van der Waals surface area contributed by atoms with Crippen LogP contribution in [0.5, 0.6) is 0 Å². The third-order valence-electron chi connectivity index (χ3n) is 3.62. The smallest absolute Gasteiger partial charge is 0.240 e. The van der Waals surface area contributed by atoms with E-state index in [2.05, 4.69) is 29.3 Å². The number of nitrogens with one attached hydrogen (secondary N) is 1. The highest BCUT2D eigenvalue weighted by atomic mass is 16.2. The summed E-state index contributed by atoms with van der Waals surface area (Å²) < 4.78 is 0. The summed E-state index contributed by atoms with van der Waals surface area (Å²) in [5.41, 5.74) is 6.41. The second-order valence-corrected chi connectivity index (χ2v) is 5.16. The fourth-order valence-electron chi connectivity index (χ4n) is 1.83. The van der Waals surface area contributed by atoms with Crippen LogP contribution < -0.4 is 16.0 Å².